The molecule has 0 rings (SSSR count). The summed E-state index contributed by atoms with van der Waals surface area (Å²) in [7, 11) is -3.16. The van der Waals surface area contributed by atoms with Crippen LogP contribution in [0.25, 0.3) is 0 Å². The first-order valence-electron chi connectivity index (χ1n) is 4.86. The third kappa shape index (κ3) is 7.29. The minimum Gasteiger partial charge on any atom is -0.329 e. The average Bonchev–Trinajstić information content (AvgIpc) is 1.99. The van der Waals surface area contributed by atoms with Gasteiger partial charge in [-0.25, -0.2) is 13.1 Å². The SMILES string of the molecule is CC(CN)NS(=O)(=O)CCC(C)(C)C. The molecular formula is C9H22N2O2S. The van der Waals surface area contributed by atoms with Crippen LogP contribution in [0.1, 0.15) is 34.1 Å². The van der Waals surface area contributed by atoms with Crippen LogP contribution in [0.5, 0.6) is 0 Å². The second-order valence-electron chi connectivity index (χ2n) is 4.88. The zero-order chi connectivity index (χ0) is 11.4. The van der Waals surface area contributed by atoms with Gasteiger partial charge < -0.3 is 5.73 Å². The van der Waals surface area contributed by atoms with E-state index in [1.165, 1.54) is 0 Å². The minimum atomic E-state index is -3.16. The maximum atomic E-state index is 11.5. The standard InChI is InChI=1S/C9H22N2O2S/c1-8(7-10)11-14(12,13)6-5-9(2,3)4/h8,11H,5-7,10H2,1-4H3. The Morgan fingerprint density at radius 2 is 1.86 bits per heavy atom. The molecule has 1 atom stereocenters. The van der Waals surface area contributed by atoms with Crippen molar-refractivity contribution in [1.29, 1.82) is 0 Å². The second-order valence-corrected chi connectivity index (χ2v) is 6.76. The normalized spacial score (nSPS) is 15.5. The van der Waals surface area contributed by atoms with Gasteiger partial charge in [0, 0.05) is 12.6 Å². The van der Waals surface area contributed by atoms with E-state index in [0.717, 1.165) is 0 Å². The lowest BCUT2D eigenvalue weighted by Gasteiger charge is -2.19. The molecule has 0 aromatic carbocycles. The summed E-state index contributed by atoms with van der Waals surface area (Å²) in [6.45, 7) is 8.15. The highest BCUT2D eigenvalue weighted by Crippen LogP contribution is 2.18. The van der Waals surface area contributed by atoms with Crippen LogP contribution in [-0.4, -0.2) is 26.8 Å². The molecule has 4 nitrogen and oxygen atoms in total. The van der Waals surface area contributed by atoms with Crippen LogP contribution in [0.3, 0.4) is 0 Å². The van der Waals surface area contributed by atoms with Crippen molar-refractivity contribution >= 4 is 10.0 Å². The molecule has 0 fully saturated rings. The minimum absolute atomic E-state index is 0.0424. The lowest BCUT2D eigenvalue weighted by molar-refractivity contribution is 0.396. The molecule has 0 amide bonds. The molecule has 14 heavy (non-hydrogen) atoms. The fraction of sp³-hybridized carbons (Fsp3) is 1.00. The van der Waals surface area contributed by atoms with Crippen molar-refractivity contribution in [2.75, 3.05) is 12.3 Å². The molecule has 0 heterocycles. The molecule has 0 aliphatic carbocycles. The predicted molar refractivity (Wildman–Crippen MR) is 59.5 cm³/mol. The summed E-state index contributed by atoms with van der Waals surface area (Å²) >= 11 is 0. The van der Waals surface area contributed by atoms with Gasteiger partial charge in [0.2, 0.25) is 10.0 Å². The highest BCUT2D eigenvalue weighted by Gasteiger charge is 2.18. The number of hydrogen-bond acceptors (Lipinski definition) is 3. The summed E-state index contributed by atoms with van der Waals surface area (Å²) in [5.41, 5.74) is 5.38. The van der Waals surface area contributed by atoms with Crippen molar-refractivity contribution < 1.29 is 8.42 Å². The zero-order valence-electron chi connectivity index (χ0n) is 9.50. The maximum absolute atomic E-state index is 11.5. The summed E-state index contributed by atoms with van der Waals surface area (Å²) in [5.74, 6) is 0.167. The number of sulfonamides is 1. The summed E-state index contributed by atoms with van der Waals surface area (Å²) < 4.78 is 25.5. The zero-order valence-corrected chi connectivity index (χ0v) is 10.3. The topological polar surface area (TPSA) is 72.2 Å². The number of nitrogens with one attached hydrogen (secondary N) is 1. The van der Waals surface area contributed by atoms with E-state index >= 15 is 0 Å². The molecule has 0 spiro atoms. The van der Waals surface area contributed by atoms with E-state index in [1.54, 1.807) is 6.92 Å². The van der Waals surface area contributed by atoms with Gasteiger partial charge in [0.05, 0.1) is 5.75 Å². The molecule has 0 saturated carbocycles. The number of rotatable bonds is 5. The molecular weight excluding hydrogens is 200 g/mol. The Bertz CT molecular complexity index is 254. The van der Waals surface area contributed by atoms with Crippen LogP contribution in [0.2, 0.25) is 0 Å². The lowest BCUT2D eigenvalue weighted by Crippen LogP contribution is -2.39. The molecule has 0 aromatic rings. The van der Waals surface area contributed by atoms with Gasteiger partial charge in [0.25, 0.3) is 0 Å². The van der Waals surface area contributed by atoms with Crippen LogP contribution in [0.15, 0.2) is 0 Å². The Balaban J connectivity index is 4.10. The van der Waals surface area contributed by atoms with Gasteiger partial charge in [0.1, 0.15) is 0 Å². The predicted octanol–water partition coefficient (Wildman–Crippen LogP) is 0.689. The molecule has 86 valence electrons. The summed E-state index contributed by atoms with van der Waals surface area (Å²) in [4.78, 5) is 0. The van der Waals surface area contributed by atoms with Crippen molar-refractivity contribution in [1.82, 2.24) is 4.72 Å². The van der Waals surface area contributed by atoms with Gasteiger partial charge in [0.15, 0.2) is 0 Å². The molecule has 3 N–H and O–H groups in total. The van der Waals surface area contributed by atoms with Gasteiger partial charge in [-0.2, -0.15) is 0 Å². The summed E-state index contributed by atoms with van der Waals surface area (Å²) in [5, 5.41) is 0. The van der Waals surface area contributed by atoms with Crippen molar-refractivity contribution in [3.8, 4) is 0 Å². The van der Waals surface area contributed by atoms with Gasteiger partial charge >= 0.3 is 0 Å². The van der Waals surface area contributed by atoms with E-state index in [4.69, 9.17) is 5.73 Å². The highest BCUT2D eigenvalue weighted by molar-refractivity contribution is 7.89. The van der Waals surface area contributed by atoms with Crippen LogP contribution >= 0.6 is 0 Å². The number of hydrogen-bond donors (Lipinski definition) is 2. The second kappa shape index (κ2) is 5.09. The fourth-order valence-electron chi connectivity index (χ4n) is 0.854. The fourth-order valence-corrected chi connectivity index (χ4v) is 2.56. The quantitative estimate of drug-likeness (QED) is 0.719. The maximum Gasteiger partial charge on any atom is 0.211 e. The first-order valence-corrected chi connectivity index (χ1v) is 6.51. The van der Waals surface area contributed by atoms with Gasteiger partial charge in [-0.1, -0.05) is 20.8 Å². The van der Waals surface area contributed by atoms with Crippen molar-refractivity contribution in [2.24, 2.45) is 11.1 Å². The van der Waals surface area contributed by atoms with E-state index in [-0.39, 0.29) is 17.2 Å². The molecule has 5 heteroatoms. The van der Waals surface area contributed by atoms with E-state index in [9.17, 15) is 8.42 Å². The Kier molecular flexibility index (Phi) is 5.05. The summed E-state index contributed by atoms with van der Waals surface area (Å²) in [6.07, 6.45) is 0.652. The van der Waals surface area contributed by atoms with Gasteiger partial charge in [-0.3, -0.25) is 0 Å². The molecule has 0 bridgehead atoms. The molecule has 0 aliphatic rings. The Hall–Kier alpha value is -0.130. The third-order valence-electron chi connectivity index (χ3n) is 1.86. The largest absolute Gasteiger partial charge is 0.329 e. The van der Waals surface area contributed by atoms with Gasteiger partial charge in [-0.15, -0.1) is 0 Å². The average molecular weight is 222 g/mol. The Morgan fingerprint density at radius 1 is 1.36 bits per heavy atom. The number of nitrogens with two attached hydrogens (primary N) is 1. The van der Waals surface area contributed by atoms with Crippen LogP contribution in [-0.2, 0) is 10.0 Å². The molecule has 1 unspecified atom stereocenters. The molecule has 0 radical (unpaired) electrons. The Morgan fingerprint density at radius 3 is 2.21 bits per heavy atom. The van der Waals surface area contributed by atoms with E-state index in [1.807, 2.05) is 20.8 Å². The van der Waals surface area contributed by atoms with Crippen LogP contribution < -0.4 is 10.5 Å². The van der Waals surface area contributed by atoms with Crippen molar-refractivity contribution in [3.63, 3.8) is 0 Å². The third-order valence-corrected chi connectivity index (χ3v) is 3.36. The summed E-state index contributed by atoms with van der Waals surface area (Å²) in [6, 6.07) is -0.181. The van der Waals surface area contributed by atoms with E-state index in [2.05, 4.69) is 4.72 Å². The van der Waals surface area contributed by atoms with Crippen LogP contribution in [0.4, 0.5) is 0 Å². The van der Waals surface area contributed by atoms with Gasteiger partial charge in [-0.05, 0) is 18.8 Å². The van der Waals surface area contributed by atoms with Crippen molar-refractivity contribution in [3.05, 3.63) is 0 Å². The lowest BCUT2D eigenvalue weighted by atomic mass is 9.94. The van der Waals surface area contributed by atoms with Crippen LogP contribution in [0, 0.1) is 5.41 Å². The Labute approximate surface area is 87.3 Å². The molecule has 0 aromatic heterocycles. The van der Waals surface area contributed by atoms with E-state index < -0.39 is 10.0 Å². The highest BCUT2D eigenvalue weighted by atomic mass is 32.2. The molecule has 0 saturated heterocycles. The monoisotopic (exact) mass is 222 g/mol. The van der Waals surface area contributed by atoms with E-state index in [0.29, 0.717) is 13.0 Å². The first kappa shape index (κ1) is 13.9. The first-order chi connectivity index (χ1) is 6.16. The smallest absolute Gasteiger partial charge is 0.211 e. The molecule has 0 aliphatic heterocycles. The van der Waals surface area contributed by atoms with Crippen molar-refractivity contribution in [2.45, 2.75) is 40.2 Å².